The monoisotopic (exact) mass is 247 g/mol. The molecular weight excluding hydrogens is 234 g/mol. The van der Waals surface area contributed by atoms with Crippen molar-refractivity contribution in [3.8, 4) is 5.75 Å². The molecule has 0 saturated carbocycles. The molecular formula is C14H14ClNO. The molecule has 0 aliphatic carbocycles. The molecule has 0 saturated heterocycles. The van der Waals surface area contributed by atoms with Crippen LogP contribution in [0.4, 0.5) is 5.69 Å². The van der Waals surface area contributed by atoms with Crippen molar-refractivity contribution < 1.29 is 5.11 Å². The normalized spacial score (nSPS) is 12.1. The van der Waals surface area contributed by atoms with Crippen molar-refractivity contribution in [3.63, 3.8) is 0 Å². The molecule has 0 amide bonds. The van der Waals surface area contributed by atoms with Crippen molar-refractivity contribution in [1.82, 2.24) is 0 Å². The van der Waals surface area contributed by atoms with Gasteiger partial charge >= 0.3 is 0 Å². The van der Waals surface area contributed by atoms with Crippen molar-refractivity contribution in [2.45, 2.75) is 13.0 Å². The van der Waals surface area contributed by atoms with Crippen LogP contribution in [0, 0.1) is 0 Å². The lowest BCUT2D eigenvalue weighted by molar-refractivity contribution is 0.475. The lowest BCUT2D eigenvalue weighted by Gasteiger charge is -2.16. The van der Waals surface area contributed by atoms with Crippen LogP contribution in [0.3, 0.4) is 0 Å². The lowest BCUT2D eigenvalue weighted by Crippen LogP contribution is -2.06. The van der Waals surface area contributed by atoms with Gasteiger partial charge in [0.2, 0.25) is 0 Å². The highest BCUT2D eigenvalue weighted by atomic mass is 35.5. The molecule has 0 spiro atoms. The van der Waals surface area contributed by atoms with Gasteiger partial charge in [-0.3, -0.25) is 0 Å². The summed E-state index contributed by atoms with van der Waals surface area (Å²) >= 11 is 6.13. The molecule has 0 radical (unpaired) electrons. The molecule has 0 aliphatic heterocycles. The van der Waals surface area contributed by atoms with E-state index in [1.165, 1.54) is 0 Å². The van der Waals surface area contributed by atoms with E-state index in [1.807, 2.05) is 43.3 Å². The van der Waals surface area contributed by atoms with Crippen molar-refractivity contribution in [1.29, 1.82) is 0 Å². The zero-order valence-electron chi connectivity index (χ0n) is 9.52. The van der Waals surface area contributed by atoms with Crippen LogP contribution in [0.1, 0.15) is 18.5 Å². The SMILES string of the molecule is CC(Nc1ccc(O)cc1)c1ccccc1Cl. The average molecular weight is 248 g/mol. The van der Waals surface area contributed by atoms with Crippen LogP contribution >= 0.6 is 11.6 Å². The second-order valence-electron chi connectivity index (χ2n) is 3.93. The molecule has 0 fully saturated rings. The first-order valence-corrected chi connectivity index (χ1v) is 5.84. The topological polar surface area (TPSA) is 32.3 Å². The predicted molar refractivity (Wildman–Crippen MR) is 71.6 cm³/mol. The fourth-order valence-electron chi connectivity index (χ4n) is 1.71. The summed E-state index contributed by atoms with van der Waals surface area (Å²) in [5, 5.41) is 13.3. The van der Waals surface area contributed by atoms with Crippen molar-refractivity contribution in [2.75, 3.05) is 5.32 Å². The van der Waals surface area contributed by atoms with Gasteiger partial charge in [0.05, 0.1) is 0 Å². The molecule has 0 aromatic heterocycles. The second-order valence-corrected chi connectivity index (χ2v) is 4.34. The van der Waals surface area contributed by atoms with Gasteiger partial charge in [-0.2, -0.15) is 0 Å². The largest absolute Gasteiger partial charge is 0.508 e. The van der Waals surface area contributed by atoms with Gasteiger partial charge in [0.15, 0.2) is 0 Å². The third-order valence-electron chi connectivity index (χ3n) is 2.62. The van der Waals surface area contributed by atoms with Gasteiger partial charge in [0.1, 0.15) is 5.75 Å². The summed E-state index contributed by atoms with van der Waals surface area (Å²) in [5.41, 5.74) is 2.01. The lowest BCUT2D eigenvalue weighted by atomic mass is 10.1. The van der Waals surface area contributed by atoms with Gasteiger partial charge in [0, 0.05) is 16.8 Å². The summed E-state index contributed by atoms with van der Waals surface area (Å²) < 4.78 is 0. The smallest absolute Gasteiger partial charge is 0.115 e. The Balaban J connectivity index is 2.14. The van der Waals surface area contributed by atoms with E-state index in [4.69, 9.17) is 11.6 Å². The summed E-state index contributed by atoms with van der Waals surface area (Å²) in [6, 6.07) is 14.9. The third kappa shape index (κ3) is 2.92. The molecule has 2 rings (SSSR count). The summed E-state index contributed by atoms with van der Waals surface area (Å²) in [4.78, 5) is 0. The van der Waals surface area contributed by atoms with E-state index in [1.54, 1.807) is 12.1 Å². The first-order chi connectivity index (χ1) is 8.16. The second kappa shape index (κ2) is 5.11. The minimum absolute atomic E-state index is 0.119. The fourth-order valence-corrected chi connectivity index (χ4v) is 2.01. The quantitative estimate of drug-likeness (QED) is 0.796. The van der Waals surface area contributed by atoms with E-state index in [0.717, 1.165) is 16.3 Å². The molecule has 17 heavy (non-hydrogen) atoms. The van der Waals surface area contributed by atoms with Gasteiger partial charge in [-0.05, 0) is 42.8 Å². The molecule has 1 atom stereocenters. The number of rotatable bonds is 3. The molecule has 2 N–H and O–H groups in total. The summed E-state index contributed by atoms with van der Waals surface area (Å²) in [5.74, 6) is 0.265. The first kappa shape index (κ1) is 11.8. The van der Waals surface area contributed by atoms with Crippen LogP contribution < -0.4 is 5.32 Å². The third-order valence-corrected chi connectivity index (χ3v) is 2.97. The Labute approximate surface area is 106 Å². The van der Waals surface area contributed by atoms with E-state index < -0.39 is 0 Å². The summed E-state index contributed by atoms with van der Waals surface area (Å²) in [6.07, 6.45) is 0. The van der Waals surface area contributed by atoms with E-state index in [0.29, 0.717) is 0 Å². The van der Waals surface area contributed by atoms with Crippen LogP contribution in [-0.2, 0) is 0 Å². The Morgan fingerprint density at radius 3 is 2.35 bits per heavy atom. The molecule has 0 bridgehead atoms. The zero-order valence-corrected chi connectivity index (χ0v) is 10.3. The number of benzene rings is 2. The van der Waals surface area contributed by atoms with Crippen molar-refractivity contribution in [3.05, 3.63) is 59.1 Å². The Hall–Kier alpha value is -1.67. The number of phenols is 1. The minimum Gasteiger partial charge on any atom is -0.508 e. The Bertz CT molecular complexity index is 496. The molecule has 3 heteroatoms. The minimum atomic E-state index is 0.119. The molecule has 88 valence electrons. The highest BCUT2D eigenvalue weighted by Gasteiger charge is 2.08. The predicted octanol–water partition coefficient (Wildman–Crippen LogP) is 4.22. The van der Waals surface area contributed by atoms with Crippen molar-refractivity contribution in [2.24, 2.45) is 0 Å². The number of anilines is 1. The number of hydrogen-bond acceptors (Lipinski definition) is 2. The number of hydrogen-bond donors (Lipinski definition) is 2. The number of phenolic OH excluding ortho intramolecular Hbond substituents is 1. The maximum absolute atomic E-state index is 9.20. The number of halogens is 1. The van der Waals surface area contributed by atoms with Gasteiger partial charge in [-0.15, -0.1) is 0 Å². The van der Waals surface area contributed by atoms with Crippen LogP contribution in [0.2, 0.25) is 5.02 Å². The summed E-state index contributed by atoms with van der Waals surface area (Å²) in [7, 11) is 0. The number of nitrogens with one attached hydrogen (secondary N) is 1. The number of aromatic hydroxyl groups is 1. The van der Waals surface area contributed by atoms with Gasteiger partial charge in [0.25, 0.3) is 0 Å². The fraction of sp³-hybridized carbons (Fsp3) is 0.143. The van der Waals surface area contributed by atoms with E-state index in [9.17, 15) is 5.11 Å². The van der Waals surface area contributed by atoms with Crippen LogP contribution in [-0.4, -0.2) is 5.11 Å². The van der Waals surface area contributed by atoms with Gasteiger partial charge in [-0.25, -0.2) is 0 Å². The molecule has 1 unspecified atom stereocenters. The maximum Gasteiger partial charge on any atom is 0.115 e. The Morgan fingerprint density at radius 2 is 1.71 bits per heavy atom. The molecule has 2 nitrogen and oxygen atoms in total. The van der Waals surface area contributed by atoms with E-state index in [2.05, 4.69) is 5.32 Å². The van der Waals surface area contributed by atoms with Crippen LogP contribution in [0.5, 0.6) is 5.75 Å². The summed E-state index contributed by atoms with van der Waals surface area (Å²) in [6.45, 7) is 2.05. The van der Waals surface area contributed by atoms with E-state index in [-0.39, 0.29) is 11.8 Å². The van der Waals surface area contributed by atoms with E-state index >= 15 is 0 Å². The molecule has 0 aliphatic rings. The van der Waals surface area contributed by atoms with Crippen LogP contribution in [0.15, 0.2) is 48.5 Å². The highest BCUT2D eigenvalue weighted by Crippen LogP contribution is 2.26. The highest BCUT2D eigenvalue weighted by molar-refractivity contribution is 6.31. The Kier molecular flexibility index (Phi) is 3.55. The molecule has 0 heterocycles. The average Bonchev–Trinajstić information content (AvgIpc) is 2.32. The zero-order chi connectivity index (χ0) is 12.3. The molecule has 2 aromatic carbocycles. The standard InChI is InChI=1S/C14H14ClNO/c1-10(13-4-2-3-5-14(13)15)16-11-6-8-12(17)9-7-11/h2-10,16-17H,1H3. The maximum atomic E-state index is 9.20. The molecule has 2 aromatic rings. The first-order valence-electron chi connectivity index (χ1n) is 5.47. The van der Waals surface area contributed by atoms with Gasteiger partial charge in [-0.1, -0.05) is 29.8 Å². The van der Waals surface area contributed by atoms with Crippen LogP contribution in [0.25, 0.3) is 0 Å². The van der Waals surface area contributed by atoms with Gasteiger partial charge < -0.3 is 10.4 Å². The van der Waals surface area contributed by atoms with Crippen molar-refractivity contribution >= 4 is 17.3 Å². The Morgan fingerprint density at radius 1 is 1.06 bits per heavy atom.